The lowest BCUT2D eigenvalue weighted by Gasteiger charge is -2.24. The monoisotopic (exact) mass is 493 g/mol. The zero-order valence-corrected chi connectivity index (χ0v) is 19.8. The molecule has 2 rings (SSSR count). The Hall–Kier alpha value is -3.09. The zero-order chi connectivity index (χ0) is 25.4. The maximum absolute atomic E-state index is 12.9. The van der Waals surface area contributed by atoms with Crippen LogP contribution in [0.3, 0.4) is 0 Å². The van der Waals surface area contributed by atoms with Gasteiger partial charge in [0.25, 0.3) is 0 Å². The molecule has 1 heterocycles. The third-order valence-electron chi connectivity index (χ3n) is 5.37. The summed E-state index contributed by atoms with van der Waals surface area (Å²) < 4.78 is 0. The number of carbonyl (C=O) groups excluding carboxylic acids is 3. The van der Waals surface area contributed by atoms with Gasteiger partial charge in [-0.25, -0.2) is 4.79 Å². The molecule has 12 heteroatoms. The Morgan fingerprint density at radius 3 is 2.18 bits per heavy atom. The number of aliphatic hydroxyl groups is 1. The van der Waals surface area contributed by atoms with Crippen LogP contribution < -0.4 is 21.7 Å². The average molecular weight is 494 g/mol. The summed E-state index contributed by atoms with van der Waals surface area (Å²) in [7, 11) is 0. The highest BCUT2D eigenvalue weighted by molar-refractivity contribution is 7.80. The Bertz CT molecular complexity index is 1030. The van der Waals surface area contributed by atoms with E-state index in [0.29, 0.717) is 5.56 Å². The van der Waals surface area contributed by atoms with Gasteiger partial charge in [0.15, 0.2) is 0 Å². The number of hydrogen-bond acceptors (Lipinski definition) is 7. The molecule has 0 fully saturated rings. The van der Waals surface area contributed by atoms with Gasteiger partial charge in [-0.2, -0.15) is 12.6 Å². The van der Waals surface area contributed by atoms with Crippen LogP contribution in [0.2, 0.25) is 0 Å². The number of rotatable bonds is 12. The normalized spacial score (nSPS) is 14.8. The van der Waals surface area contributed by atoms with Crippen LogP contribution in [0, 0.1) is 5.92 Å². The predicted molar refractivity (Wildman–Crippen MR) is 129 cm³/mol. The first-order valence-corrected chi connectivity index (χ1v) is 11.4. The number of aromatic amines is 1. The molecule has 186 valence electrons. The lowest BCUT2D eigenvalue weighted by Crippen LogP contribution is -2.59. The summed E-state index contributed by atoms with van der Waals surface area (Å²) in [5.74, 6) is -3.81. The van der Waals surface area contributed by atoms with E-state index in [4.69, 9.17) is 5.73 Å². The Balaban J connectivity index is 2.25. The third kappa shape index (κ3) is 6.95. The third-order valence-corrected chi connectivity index (χ3v) is 5.73. The number of carboxylic acids is 1. The molecule has 3 amide bonds. The molecule has 0 aliphatic rings. The first-order chi connectivity index (χ1) is 16.1. The number of nitrogens with one attached hydrogen (secondary N) is 4. The van der Waals surface area contributed by atoms with E-state index in [-0.39, 0.29) is 18.1 Å². The second-order valence-electron chi connectivity index (χ2n) is 8.22. The molecular formula is C22H31N5O6S. The van der Waals surface area contributed by atoms with Gasteiger partial charge in [0, 0.05) is 29.3 Å². The van der Waals surface area contributed by atoms with Crippen LogP contribution in [0.5, 0.6) is 0 Å². The summed E-state index contributed by atoms with van der Waals surface area (Å²) >= 11 is 3.95. The molecule has 0 aliphatic heterocycles. The number of hydrogen-bond donors (Lipinski definition) is 8. The van der Waals surface area contributed by atoms with E-state index in [0.717, 1.165) is 10.9 Å². The molecule has 0 saturated heterocycles. The van der Waals surface area contributed by atoms with Crippen LogP contribution in [-0.4, -0.2) is 75.4 Å². The quantitative estimate of drug-likeness (QED) is 0.177. The molecule has 34 heavy (non-hydrogen) atoms. The number of aromatic nitrogens is 1. The number of para-hydroxylation sites is 1. The molecule has 0 radical (unpaired) electrons. The van der Waals surface area contributed by atoms with Gasteiger partial charge in [0.05, 0.1) is 12.6 Å². The highest BCUT2D eigenvalue weighted by Crippen LogP contribution is 2.19. The molecule has 4 unspecified atom stereocenters. The van der Waals surface area contributed by atoms with Crippen LogP contribution in [0.1, 0.15) is 19.4 Å². The fourth-order valence-electron chi connectivity index (χ4n) is 3.22. The Morgan fingerprint density at radius 1 is 1.00 bits per heavy atom. The first-order valence-electron chi connectivity index (χ1n) is 10.7. The lowest BCUT2D eigenvalue weighted by atomic mass is 10.0. The minimum atomic E-state index is -1.35. The van der Waals surface area contributed by atoms with Crippen molar-refractivity contribution >= 4 is 47.2 Å². The molecule has 0 saturated carbocycles. The fraction of sp³-hybridized carbons (Fsp3) is 0.455. The molecule has 1 aromatic heterocycles. The second kappa shape index (κ2) is 12.4. The molecule has 0 spiro atoms. The van der Waals surface area contributed by atoms with Crippen molar-refractivity contribution in [3.63, 3.8) is 0 Å². The number of amides is 3. The largest absolute Gasteiger partial charge is 0.480 e. The molecule has 1 aromatic carbocycles. The number of fused-ring (bicyclic) bond motifs is 1. The number of nitrogens with two attached hydrogens (primary N) is 1. The highest BCUT2D eigenvalue weighted by Gasteiger charge is 2.30. The number of aliphatic hydroxyl groups excluding tert-OH is 1. The van der Waals surface area contributed by atoms with Gasteiger partial charge >= 0.3 is 5.97 Å². The van der Waals surface area contributed by atoms with Crippen LogP contribution in [0.4, 0.5) is 0 Å². The molecule has 4 atom stereocenters. The molecular weight excluding hydrogens is 462 g/mol. The van der Waals surface area contributed by atoms with E-state index >= 15 is 0 Å². The van der Waals surface area contributed by atoms with Crippen LogP contribution in [0.25, 0.3) is 10.9 Å². The predicted octanol–water partition coefficient (Wildman–Crippen LogP) is -0.845. The highest BCUT2D eigenvalue weighted by atomic mass is 32.1. The van der Waals surface area contributed by atoms with Crippen LogP contribution in [0.15, 0.2) is 30.5 Å². The van der Waals surface area contributed by atoms with Gasteiger partial charge < -0.3 is 36.9 Å². The topological polar surface area (TPSA) is 187 Å². The Kier molecular flexibility index (Phi) is 9.90. The van der Waals surface area contributed by atoms with E-state index in [1.807, 2.05) is 24.3 Å². The summed E-state index contributed by atoms with van der Waals surface area (Å²) in [6.07, 6.45) is 1.72. The standard InChI is InChI=1S/C22H31N5O6S/c1-11(2)18(23)21(31)26-16(9-28)20(30)25-15(19(29)27-17(10-34)22(32)33)7-12-8-24-14-6-4-3-5-13(12)14/h3-6,8,11,15-18,24,28,34H,7,9-10,23H2,1-2H3,(H,25,30)(H,26,31)(H,27,29)(H,32,33). The molecule has 11 nitrogen and oxygen atoms in total. The van der Waals surface area contributed by atoms with Crippen LogP contribution >= 0.6 is 12.6 Å². The summed E-state index contributed by atoms with van der Waals surface area (Å²) in [5, 5.41) is 27.0. The Morgan fingerprint density at radius 2 is 1.59 bits per heavy atom. The first kappa shape index (κ1) is 27.2. The van der Waals surface area contributed by atoms with Crippen molar-refractivity contribution in [2.45, 2.75) is 44.4 Å². The zero-order valence-electron chi connectivity index (χ0n) is 18.9. The van der Waals surface area contributed by atoms with E-state index < -0.39 is 54.5 Å². The van der Waals surface area contributed by atoms with Crippen molar-refractivity contribution < 1.29 is 29.4 Å². The maximum Gasteiger partial charge on any atom is 0.327 e. The van der Waals surface area contributed by atoms with Gasteiger partial charge in [0.1, 0.15) is 18.1 Å². The SMILES string of the molecule is CC(C)C(N)C(=O)NC(CO)C(=O)NC(Cc1c[nH]c2ccccc12)C(=O)NC(CS)C(=O)O. The van der Waals surface area contributed by atoms with Gasteiger partial charge in [-0.15, -0.1) is 0 Å². The smallest absolute Gasteiger partial charge is 0.327 e. The summed E-state index contributed by atoms with van der Waals surface area (Å²) in [4.78, 5) is 52.5. The van der Waals surface area contributed by atoms with Crippen molar-refractivity contribution in [2.24, 2.45) is 11.7 Å². The van der Waals surface area contributed by atoms with Gasteiger partial charge in [-0.3, -0.25) is 14.4 Å². The van der Waals surface area contributed by atoms with E-state index in [1.165, 1.54) is 0 Å². The van der Waals surface area contributed by atoms with Crippen molar-refractivity contribution in [3.05, 3.63) is 36.0 Å². The minimum absolute atomic E-state index is 0.0259. The summed E-state index contributed by atoms with van der Waals surface area (Å²) in [6.45, 7) is 2.75. The summed E-state index contributed by atoms with van der Waals surface area (Å²) in [6, 6.07) is 2.65. The van der Waals surface area contributed by atoms with Crippen molar-refractivity contribution in [1.29, 1.82) is 0 Å². The van der Waals surface area contributed by atoms with Crippen molar-refractivity contribution in [3.8, 4) is 0 Å². The number of carboxylic acid groups (broad SMARTS) is 1. The van der Waals surface area contributed by atoms with Gasteiger partial charge in [0.2, 0.25) is 17.7 Å². The number of carbonyl (C=O) groups is 4. The van der Waals surface area contributed by atoms with Crippen molar-refractivity contribution in [1.82, 2.24) is 20.9 Å². The van der Waals surface area contributed by atoms with Crippen molar-refractivity contribution in [2.75, 3.05) is 12.4 Å². The number of thiol groups is 1. The fourth-order valence-corrected chi connectivity index (χ4v) is 3.47. The van der Waals surface area contributed by atoms with Gasteiger partial charge in [-0.05, 0) is 17.5 Å². The number of H-pyrrole nitrogens is 1. The van der Waals surface area contributed by atoms with E-state index in [1.54, 1.807) is 20.0 Å². The lowest BCUT2D eigenvalue weighted by molar-refractivity contribution is -0.141. The van der Waals surface area contributed by atoms with E-state index in [2.05, 4.69) is 33.6 Å². The Labute approximate surface area is 202 Å². The molecule has 2 aromatic rings. The second-order valence-corrected chi connectivity index (χ2v) is 8.59. The molecule has 0 bridgehead atoms. The molecule has 8 N–H and O–H groups in total. The van der Waals surface area contributed by atoms with Gasteiger partial charge in [-0.1, -0.05) is 32.0 Å². The molecule has 0 aliphatic carbocycles. The number of benzene rings is 1. The van der Waals surface area contributed by atoms with Crippen LogP contribution in [-0.2, 0) is 25.6 Å². The minimum Gasteiger partial charge on any atom is -0.480 e. The van der Waals surface area contributed by atoms with E-state index in [9.17, 15) is 29.4 Å². The number of aliphatic carboxylic acids is 1. The summed E-state index contributed by atoms with van der Waals surface area (Å²) in [5.41, 5.74) is 7.33. The average Bonchev–Trinajstić information content (AvgIpc) is 3.21. The maximum atomic E-state index is 12.9.